The fourth-order valence-electron chi connectivity index (χ4n) is 3.14. The van der Waals surface area contributed by atoms with Gasteiger partial charge in [0, 0.05) is 18.3 Å². The molecule has 0 aliphatic rings. The molecule has 2 aromatic carbocycles. The Morgan fingerprint density at radius 2 is 1.83 bits per heavy atom. The lowest BCUT2D eigenvalue weighted by Gasteiger charge is -2.12. The minimum atomic E-state index is -0.688. The van der Waals surface area contributed by atoms with Gasteiger partial charge in [-0.25, -0.2) is 4.98 Å². The minimum Gasteiger partial charge on any atom is -0.387 e. The first-order chi connectivity index (χ1) is 14.1. The van der Waals surface area contributed by atoms with E-state index in [4.69, 9.17) is 0 Å². The van der Waals surface area contributed by atoms with Gasteiger partial charge in [0.1, 0.15) is 0 Å². The normalized spacial score (nSPS) is 12.2. The van der Waals surface area contributed by atoms with E-state index in [9.17, 15) is 9.90 Å². The molecular weight excluding hydrogens is 384 g/mol. The number of nitrogens with one attached hydrogen (secondary N) is 1. The van der Waals surface area contributed by atoms with Crippen molar-refractivity contribution in [2.24, 2.45) is 0 Å². The SMILES string of the molecule is CCCc1cc(=O)n2nc(NCC(O)c3ccc(-c4ccccc4)cc3)sc2n1. The van der Waals surface area contributed by atoms with Crippen LogP contribution in [0, 0.1) is 0 Å². The minimum absolute atomic E-state index is 0.181. The second kappa shape index (κ2) is 8.55. The number of hydrogen-bond acceptors (Lipinski definition) is 6. The summed E-state index contributed by atoms with van der Waals surface area (Å²) in [6, 6.07) is 19.5. The molecule has 0 bridgehead atoms. The Morgan fingerprint density at radius 3 is 2.55 bits per heavy atom. The molecule has 1 unspecified atom stereocenters. The molecule has 0 saturated carbocycles. The van der Waals surface area contributed by atoms with Crippen LogP contribution in [0.4, 0.5) is 5.13 Å². The summed E-state index contributed by atoms with van der Waals surface area (Å²) in [5.74, 6) is 0. The highest BCUT2D eigenvalue weighted by molar-refractivity contribution is 7.20. The number of aliphatic hydroxyl groups excluding tert-OH is 1. The van der Waals surface area contributed by atoms with Gasteiger partial charge in [0.25, 0.3) is 5.56 Å². The van der Waals surface area contributed by atoms with Crippen LogP contribution >= 0.6 is 11.3 Å². The smallest absolute Gasteiger partial charge is 0.275 e. The van der Waals surface area contributed by atoms with Crippen LogP contribution in [0.5, 0.6) is 0 Å². The second-order valence-electron chi connectivity index (χ2n) is 6.82. The lowest BCUT2D eigenvalue weighted by atomic mass is 10.0. The average Bonchev–Trinajstić information content (AvgIpc) is 3.17. The standard InChI is InChI=1S/C22H22N4O2S/c1-2-6-18-13-20(28)26-22(24-18)29-21(25-26)23-14-19(27)17-11-9-16(10-12-17)15-7-4-3-5-8-15/h3-5,7-13,19,27H,2,6,14H2,1H3,(H,23,25). The molecule has 4 aromatic rings. The van der Waals surface area contributed by atoms with Crippen molar-refractivity contribution in [2.45, 2.75) is 25.9 Å². The molecule has 0 radical (unpaired) electrons. The van der Waals surface area contributed by atoms with Crippen LogP contribution in [-0.2, 0) is 6.42 Å². The van der Waals surface area contributed by atoms with Crippen molar-refractivity contribution in [2.75, 3.05) is 11.9 Å². The zero-order valence-electron chi connectivity index (χ0n) is 16.1. The van der Waals surface area contributed by atoms with Crippen molar-refractivity contribution in [1.29, 1.82) is 0 Å². The molecule has 0 spiro atoms. The molecule has 2 N–H and O–H groups in total. The molecule has 148 valence electrons. The molecule has 0 fully saturated rings. The van der Waals surface area contributed by atoms with Gasteiger partial charge < -0.3 is 10.4 Å². The maximum absolute atomic E-state index is 12.2. The van der Waals surface area contributed by atoms with Crippen LogP contribution in [0.1, 0.15) is 30.7 Å². The van der Waals surface area contributed by atoms with Gasteiger partial charge in [0.2, 0.25) is 10.1 Å². The molecule has 0 amide bonds. The van der Waals surface area contributed by atoms with Crippen LogP contribution in [0.3, 0.4) is 0 Å². The van der Waals surface area contributed by atoms with Crippen molar-refractivity contribution < 1.29 is 5.11 Å². The molecule has 6 nitrogen and oxygen atoms in total. The van der Waals surface area contributed by atoms with Gasteiger partial charge >= 0.3 is 0 Å². The summed E-state index contributed by atoms with van der Waals surface area (Å²) in [4.78, 5) is 17.2. The van der Waals surface area contributed by atoms with Gasteiger partial charge in [0.05, 0.1) is 6.10 Å². The third-order valence-electron chi connectivity index (χ3n) is 4.65. The summed E-state index contributed by atoms with van der Waals surface area (Å²) in [6.07, 6.45) is 1.01. The van der Waals surface area contributed by atoms with Gasteiger partial charge in [-0.2, -0.15) is 4.52 Å². The Hall–Kier alpha value is -3.03. The maximum atomic E-state index is 12.2. The van der Waals surface area contributed by atoms with Gasteiger partial charge in [-0.3, -0.25) is 4.79 Å². The number of rotatable bonds is 7. The van der Waals surface area contributed by atoms with E-state index in [2.05, 4.69) is 34.5 Å². The van der Waals surface area contributed by atoms with Gasteiger partial charge in [0.15, 0.2) is 0 Å². The van der Waals surface area contributed by atoms with E-state index in [1.807, 2.05) is 42.5 Å². The number of anilines is 1. The van der Waals surface area contributed by atoms with Crippen LogP contribution in [0.2, 0.25) is 0 Å². The number of aryl methyl sites for hydroxylation is 1. The highest BCUT2D eigenvalue weighted by Gasteiger charge is 2.12. The van der Waals surface area contributed by atoms with E-state index in [0.29, 0.717) is 16.6 Å². The van der Waals surface area contributed by atoms with E-state index in [1.165, 1.54) is 21.9 Å². The van der Waals surface area contributed by atoms with Gasteiger partial charge in [-0.1, -0.05) is 79.3 Å². The maximum Gasteiger partial charge on any atom is 0.275 e. The fraction of sp³-hybridized carbons (Fsp3) is 0.227. The molecule has 0 aliphatic carbocycles. The quantitative estimate of drug-likeness (QED) is 0.486. The van der Waals surface area contributed by atoms with Crippen LogP contribution < -0.4 is 10.9 Å². The Balaban J connectivity index is 1.44. The summed E-state index contributed by atoms with van der Waals surface area (Å²) < 4.78 is 1.30. The fourth-order valence-corrected chi connectivity index (χ4v) is 3.97. The number of hydrogen-bond donors (Lipinski definition) is 2. The lowest BCUT2D eigenvalue weighted by molar-refractivity contribution is 0.191. The summed E-state index contributed by atoms with van der Waals surface area (Å²) in [5, 5.41) is 18.5. The van der Waals surface area contributed by atoms with Gasteiger partial charge in [-0.05, 0) is 23.1 Å². The summed E-state index contributed by atoms with van der Waals surface area (Å²) in [7, 11) is 0. The Morgan fingerprint density at radius 1 is 1.10 bits per heavy atom. The summed E-state index contributed by atoms with van der Waals surface area (Å²) >= 11 is 1.31. The number of aliphatic hydroxyl groups is 1. The predicted molar refractivity (Wildman–Crippen MR) is 116 cm³/mol. The first-order valence-corrected chi connectivity index (χ1v) is 10.4. The average molecular weight is 407 g/mol. The highest BCUT2D eigenvalue weighted by atomic mass is 32.1. The van der Waals surface area contributed by atoms with Crippen molar-refractivity contribution in [3.8, 4) is 11.1 Å². The van der Waals surface area contributed by atoms with Crippen molar-refractivity contribution in [3.63, 3.8) is 0 Å². The van der Waals surface area contributed by atoms with E-state index in [1.54, 1.807) is 0 Å². The summed E-state index contributed by atoms with van der Waals surface area (Å²) in [5.41, 5.74) is 3.67. The molecule has 0 saturated heterocycles. The van der Waals surface area contributed by atoms with Crippen molar-refractivity contribution in [3.05, 3.63) is 82.3 Å². The zero-order chi connectivity index (χ0) is 20.2. The molecular formula is C22H22N4O2S. The zero-order valence-corrected chi connectivity index (χ0v) is 16.9. The van der Waals surface area contributed by atoms with E-state index in [-0.39, 0.29) is 5.56 Å². The van der Waals surface area contributed by atoms with Crippen LogP contribution in [-0.4, -0.2) is 26.2 Å². The van der Waals surface area contributed by atoms with E-state index < -0.39 is 6.10 Å². The molecule has 1 atom stereocenters. The third-order valence-corrected chi connectivity index (χ3v) is 5.52. The van der Waals surface area contributed by atoms with Crippen LogP contribution in [0.25, 0.3) is 16.1 Å². The summed E-state index contributed by atoms with van der Waals surface area (Å²) in [6.45, 7) is 2.35. The Labute approximate surface area is 172 Å². The molecule has 2 heterocycles. The van der Waals surface area contributed by atoms with Crippen LogP contribution in [0.15, 0.2) is 65.5 Å². The van der Waals surface area contributed by atoms with E-state index >= 15 is 0 Å². The second-order valence-corrected chi connectivity index (χ2v) is 7.78. The third kappa shape index (κ3) is 4.36. The van der Waals surface area contributed by atoms with E-state index in [0.717, 1.165) is 35.2 Å². The van der Waals surface area contributed by atoms with Crippen molar-refractivity contribution in [1.82, 2.24) is 14.6 Å². The molecule has 29 heavy (non-hydrogen) atoms. The Kier molecular flexibility index (Phi) is 5.69. The van der Waals surface area contributed by atoms with Crippen molar-refractivity contribution >= 4 is 21.4 Å². The highest BCUT2D eigenvalue weighted by Crippen LogP contribution is 2.23. The topological polar surface area (TPSA) is 79.5 Å². The number of nitrogens with zero attached hydrogens (tertiary/aromatic N) is 3. The van der Waals surface area contributed by atoms with Gasteiger partial charge in [-0.15, -0.1) is 5.10 Å². The lowest BCUT2D eigenvalue weighted by Crippen LogP contribution is -2.16. The monoisotopic (exact) mass is 406 g/mol. The number of aromatic nitrogens is 3. The first kappa shape index (κ1) is 19.3. The number of benzene rings is 2. The largest absolute Gasteiger partial charge is 0.387 e. The molecule has 7 heteroatoms. The first-order valence-electron chi connectivity index (χ1n) is 9.61. The molecule has 0 aliphatic heterocycles. The predicted octanol–water partition coefficient (Wildman–Crippen LogP) is 3.92. The Bertz CT molecular complexity index is 1150. The molecule has 4 rings (SSSR count). The molecule has 2 aromatic heterocycles. The number of fused-ring (bicyclic) bond motifs is 1.